The van der Waals surface area contributed by atoms with E-state index in [0.717, 1.165) is 10.6 Å². The van der Waals surface area contributed by atoms with Crippen LogP contribution in [0.2, 0.25) is 5.02 Å². The molecule has 0 heterocycles. The molecule has 0 saturated heterocycles. The number of rotatable bonds is 8. The molecule has 0 bridgehead atoms. The zero-order chi connectivity index (χ0) is 23.3. The summed E-state index contributed by atoms with van der Waals surface area (Å²) in [5.41, 5.74) is 1.66. The second-order valence-corrected chi connectivity index (χ2v) is 9.06. The van der Waals surface area contributed by atoms with Crippen LogP contribution in [0.4, 0.5) is 11.4 Å². The molecule has 31 heavy (non-hydrogen) atoms. The molecule has 2 rings (SSSR count). The quantitative estimate of drug-likeness (QED) is 0.593. The normalized spacial score (nSPS) is 12.1. The van der Waals surface area contributed by atoms with Gasteiger partial charge in [-0.3, -0.25) is 9.10 Å². The Kier molecular flexibility index (Phi) is 7.91. The van der Waals surface area contributed by atoms with E-state index >= 15 is 0 Å². The molecular formula is C21H25ClN2O6S. The lowest BCUT2D eigenvalue weighted by atomic mass is 10.1. The number of halogens is 1. The predicted molar refractivity (Wildman–Crippen MR) is 121 cm³/mol. The number of carbonyl (C=O) groups is 2. The highest BCUT2D eigenvalue weighted by atomic mass is 35.5. The molecule has 0 saturated carbocycles. The van der Waals surface area contributed by atoms with Crippen LogP contribution in [0, 0.1) is 6.92 Å². The van der Waals surface area contributed by atoms with Crippen molar-refractivity contribution in [2.75, 3.05) is 29.6 Å². The highest BCUT2D eigenvalue weighted by Gasteiger charge is 2.30. The lowest BCUT2D eigenvalue weighted by molar-refractivity contribution is -0.116. The molecule has 1 atom stereocenters. The van der Waals surface area contributed by atoms with E-state index in [2.05, 4.69) is 5.32 Å². The third-order valence-corrected chi connectivity index (χ3v) is 6.01. The summed E-state index contributed by atoms with van der Waals surface area (Å²) >= 11 is 6.14. The van der Waals surface area contributed by atoms with E-state index < -0.39 is 27.9 Å². The van der Waals surface area contributed by atoms with Gasteiger partial charge in [-0.2, -0.15) is 0 Å². The number of sulfonamides is 1. The molecule has 2 aromatic rings. The van der Waals surface area contributed by atoms with Crippen molar-refractivity contribution in [3.05, 3.63) is 52.5 Å². The van der Waals surface area contributed by atoms with Gasteiger partial charge in [0.05, 0.1) is 36.2 Å². The first-order valence-corrected chi connectivity index (χ1v) is 11.6. The molecule has 8 nitrogen and oxygen atoms in total. The van der Waals surface area contributed by atoms with Gasteiger partial charge in [-0.1, -0.05) is 11.6 Å². The average Bonchev–Trinajstić information content (AvgIpc) is 2.68. The first kappa shape index (κ1) is 24.5. The maximum Gasteiger partial charge on any atom is 0.338 e. The topological polar surface area (TPSA) is 102 Å². The smallest absolute Gasteiger partial charge is 0.338 e. The maximum absolute atomic E-state index is 12.9. The SMILES string of the molecule is CCOC(=O)c1ccc(NC(=O)[C@@H](C)N(c2ccc(OC)c(Cl)c2)S(C)(=O)=O)c(C)c1. The minimum absolute atomic E-state index is 0.214. The van der Waals surface area contributed by atoms with Gasteiger partial charge in [-0.15, -0.1) is 0 Å². The minimum atomic E-state index is -3.81. The standard InChI is InChI=1S/C21H25ClN2O6S/c1-6-30-21(26)15-7-9-18(13(2)11-15)23-20(25)14(3)24(31(5,27)28)16-8-10-19(29-4)17(22)12-16/h7-12,14H,6H2,1-5H3,(H,23,25)/t14-/m1/s1. The molecule has 0 aliphatic carbocycles. The van der Waals surface area contributed by atoms with Crippen LogP contribution in [0.25, 0.3) is 0 Å². The van der Waals surface area contributed by atoms with Crippen LogP contribution < -0.4 is 14.4 Å². The van der Waals surface area contributed by atoms with Gasteiger partial charge in [0.1, 0.15) is 11.8 Å². The first-order chi connectivity index (χ1) is 14.5. The molecule has 0 spiro atoms. The summed E-state index contributed by atoms with van der Waals surface area (Å²) in [6, 6.07) is 8.07. The van der Waals surface area contributed by atoms with E-state index in [1.54, 1.807) is 26.0 Å². The predicted octanol–water partition coefficient (Wildman–Crippen LogP) is 3.63. The number of nitrogens with one attached hydrogen (secondary N) is 1. The van der Waals surface area contributed by atoms with Crippen LogP contribution in [0.1, 0.15) is 29.8 Å². The van der Waals surface area contributed by atoms with E-state index in [1.165, 1.54) is 38.3 Å². The maximum atomic E-state index is 12.9. The zero-order valence-electron chi connectivity index (χ0n) is 17.9. The van der Waals surface area contributed by atoms with Gasteiger partial charge >= 0.3 is 5.97 Å². The second-order valence-electron chi connectivity index (χ2n) is 6.79. The van der Waals surface area contributed by atoms with Crippen LogP contribution in [-0.2, 0) is 19.6 Å². The Morgan fingerprint density at radius 3 is 2.39 bits per heavy atom. The van der Waals surface area contributed by atoms with Crippen molar-refractivity contribution in [1.29, 1.82) is 0 Å². The molecule has 10 heteroatoms. The lowest BCUT2D eigenvalue weighted by Crippen LogP contribution is -2.45. The fourth-order valence-corrected chi connectivity index (χ4v) is 4.40. The molecule has 0 unspecified atom stereocenters. The van der Waals surface area contributed by atoms with Gasteiger partial charge in [-0.25, -0.2) is 13.2 Å². The van der Waals surface area contributed by atoms with Crippen molar-refractivity contribution in [2.24, 2.45) is 0 Å². The molecular weight excluding hydrogens is 444 g/mol. The van der Waals surface area contributed by atoms with E-state index in [9.17, 15) is 18.0 Å². The summed E-state index contributed by atoms with van der Waals surface area (Å²) in [5, 5.41) is 2.93. The Balaban J connectivity index is 2.30. The van der Waals surface area contributed by atoms with Gasteiger partial charge in [0, 0.05) is 5.69 Å². The zero-order valence-corrected chi connectivity index (χ0v) is 19.5. The molecule has 0 fully saturated rings. The number of benzene rings is 2. The molecule has 0 aliphatic heterocycles. The van der Waals surface area contributed by atoms with Gasteiger partial charge in [0.25, 0.3) is 0 Å². The summed E-state index contributed by atoms with van der Waals surface area (Å²) in [7, 11) is -2.37. The number of nitrogens with zero attached hydrogens (tertiary/aromatic N) is 1. The van der Waals surface area contributed by atoms with Crippen molar-refractivity contribution in [3.8, 4) is 5.75 Å². The Morgan fingerprint density at radius 2 is 1.87 bits per heavy atom. The summed E-state index contributed by atoms with van der Waals surface area (Å²) in [6.07, 6.45) is 1.01. The van der Waals surface area contributed by atoms with E-state index in [0.29, 0.717) is 22.6 Å². The van der Waals surface area contributed by atoms with Gasteiger partial charge in [0.15, 0.2) is 0 Å². The highest BCUT2D eigenvalue weighted by Crippen LogP contribution is 2.31. The number of hydrogen-bond donors (Lipinski definition) is 1. The lowest BCUT2D eigenvalue weighted by Gasteiger charge is -2.28. The summed E-state index contributed by atoms with van der Waals surface area (Å²) < 4.78 is 36.0. The van der Waals surface area contributed by atoms with E-state index in [-0.39, 0.29) is 17.3 Å². The Hall–Kier alpha value is -2.78. The summed E-state index contributed by atoms with van der Waals surface area (Å²) in [6.45, 7) is 5.16. The van der Waals surface area contributed by atoms with Crippen LogP contribution in [0.15, 0.2) is 36.4 Å². The second kappa shape index (κ2) is 10.0. The number of aryl methyl sites for hydroxylation is 1. The Bertz CT molecular complexity index is 1090. The Labute approximate surface area is 187 Å². The van der Waals surface area contributed by atoms with E-state index in [4.69, 9.17) is 21.1 Å². The number of anilines is 2. The third kappa shape index (κ3) is 5.89. The number of ether oxygens (including phenoxy) is 2. The van der Waals surface area contributed by atoms with Crippen molar-refractivity contribution >= 4 is 44.9 Å². The fourth-order valence-electron chi connectivity index (χ4n) is 2.98. The van der Waals surface area contributed by atoms with Crippen molar-refractivity contribution in [1.82, 2.24) is 0 Å². The van der Waals surface area contributed by atoms with Crippen molar-refractivity contribution in [2.45, 2.75) is 26.8 Å². The van der Waals surface area contributed by atoms with Gasteiger partial charge in [0.2, 0.25) is 15.9 Å². The summed E-state index contributed by atoms with van der Waals surface area (Å²) in [4.78, 5) is 24.8. The minimum Gasteiger partial charge on any atom is -0.495 e. The van der Waals surface area contributed by atoms with Crippen LogP contribution in [-0.4, -0.2) is 46.3 Å². The van der Waals surface area contributed by atoms with Crippen molar-refractivity contribution < 1.29 is 27.5 Å². The fraction of sp³-hybridized carbons (Fsp3) is 0.333. The van der Waals surface area contributed by atoms with Crippen LogP contribution in [0.5, 0.6) is 5.75 Å². The number of amides is 1. The molecule has 0 radical (unpaired) electrons. The molecule has 0 aromatic heterocycles. The van der Waals surface area contributed by atoms with E-state index in [1.807, 2.05) is 0 Å². The molecule has 2 aromatic carbocycles. The van der Waals surface area contributed by atoms with Crippen LogP contribution in [0.3, 0.4) is 0 Å². The molecule has 1 amide bonds. The summed E-state index contributed by atoms with van der Waals surface area (Å²) in [5.74, 6) is -0.630. The average molecular weight is 469 g/mol. The number of esters is 1. The molecule has 0 aliphatic rings. The highest BCUT2D eigenvalue weighted by molar-refractivity contribution is 7.92. The van der Waals surface area contributed by atoms with Crippen LogP contribution >= 0.6 is 11.6 Å². The van der Waals surface area contributed by atoms with Gasteiger partial charge < -0.3 is 14.8 Å². The van der Waals surface area contributed by atoms with Gasteiger partial charge in [-0.05, 0) is 62.7 Å². The monoisotopic (exact) mass is 468 g/mol. The number of methoxy groups -OCH3 is 1. The first-order valence-electron chi connectivity index (χ1n) is 9.41. The Morgan fingerprint density at radius 1 is 1.19 bits per heavy atom. The third-order valence-electron chi connectivity index (χ3n) is 4.47. The largest absolute Gasteiger partial charge is 0.495 e. The van der Waals surface area contributed by atoms with Crippen molar-refractivity contribution in [3.63, 3.8) is 0 Å². The molecule has 1 N–H and O–H groups in total. The number of carbonyl (C=O) groups excluding carboxylic acids is 2. The number of hydrogen-bond acceptors (Lipinski definition) is 6. The molecule has 168 valence electrons.